The van der Waals surface area contributed by atoms with Gasteiger partial charge < -0.3 is 4.74 Å². The van der Waals surface area contributed by atoms with Crippen LogP contribution >= 0.6 is 15.9 Å². The molecule has 0 aromatic carbocycles. The Bertz CT molecular complexity index is 342. The average molecular weight is 304 g/mol. The molecule has 0 N–H and O–H groups in total. The lowest BCUT2D eigenvalue weighted by Gasteiger charge is -2.13. The molecule has 17 heavy (non-hydrogen) atoms. The summed E-state index contributed by atoms with van der Waals surface area (Å²) in [4.78, 5) is 34.5. The molecule has 1 aliphatic rings. The first-order valence-corrected chi connectivity index (χ1v) is 6.25. The number of imide groups is 1. The van der Waals surface area contributed by atoms with Gasteiger partial charge in [-0.1, -0.05) is 22.5 Å². The van der Waals surface area contributed by atoms with Crippen LogP contribution in [0.25, 0.3) is 0 Å². The van der Waals surface area contributed by atoms with Gasteiger partial charge in [0, 0.05) is 19.0 Å². The first kappa shape index (κ1) is 13.9. The Labute approximate surface area is 108 Å². The summed E-state index contributed by atoms with van der Waals surface area (Å²) in [5.74, 6) is -0.795. The van der Waals surface area contributed by atoms with Crippen LogP contribution in [-0.4, -0.2) is 40.7 Å². The number of carbonyl (C=O) groups excluding carboxylic acids is 3. The maximum Gasteiger partial charge on any atom is 0.330 e. The summed E-state index contributed by atoms with van der Waals surface area (Å²) in [5.41, 5.74) is 0. The number of unbranched alkanes of at least 4 members (excludes halogenated alkanes) is 1. The fourth-order valence-electron chi connectivity index (χ4n) is 1.48. The molecule has 5 nitrogen and oxygen atoms in total. The van der Waals surface area contributed by atoms with Gasteiger partial charge >= 0.3 is 5.97 Å². The number of esters is 1. The molecule has 0 bridgehead atoms. The van der Waals surface area contributed by atoms with E-state index in [0.29, 0.717) is 19.4 Å². The zero-order chi connectivity index (χ0) is 12.8. The third-order valence-corrected chi connectivity index (χ3v) is 3.09. The SMILES string of the molecule is C=CC(=O)OCCCCN1C(=O)CC(Br)C1=O. The van der Waals surface area contributed by atoms with Gasteiger partial charge in [0.25, 0.3) is 0 Å². The fourth-order valence-corrected chi connectivity index (χ4v) is 2.01. The molecule has 6 heteroatoms. The van der Waals surface area contributed by atoms with Crippen molar-refractivity contribution in [2.24, 2.45) is 0 Å². The minimum atomic E-state index is -0.459. The normalized spacial score (nSPS) is 19.6. The van der Waals surface area contributed by atoms with Gasteiger partial charge in [0.1, 0.15) is 4.83 Å². The number of nitrogens with zero attached hydrogens (tertiary/aromatic N) is 1. The van der Waals surface area contributed by atoms with Crippen molar-refractivity contribution in [1.82, 2.24) is 4.90 Å². The molecule has 1 saturated heterocycles. The molecule has 0 aromatic rings. The Balaban J connectivity index is 2.19. The van der Waals surface area contributed by atoms with E-state index in [1.165, 1.54) is 4.90 Å². The predicted octanol–water partition coefficient (Wildman–Crippen LogP) is 1.02. The smallest absolute Gasteiger partial charge is 0.330 e. The molecule has 94 valence electrons. The Morgan fingerprint density at radius 2 is 2.24 bits per heavy atom. The molecule has 0 aromatic heterocycles. The van der Waals surface area contributed by atoms with Crippen molar-refractivity contribution in [3.8, 4) is 0 Å². The molecule has 1 atom stereocenters. The highest BCUT2D eigenvalue weighted by molar-refractivity contribution is 9.10. The Kier molecular flexibility index (Phi) is 5.34. The van der Waals surface area contributed by atoms with Crippen molar-refractivity contribution in [2.75, 3.05) is 13.2 Å². The van der Waals surface area contributed by atoms with Crippen molar-refractivity contribution in [2.45, 2.75) is 24.1 Å². The summed E-state index contributed by atoms with van der Waals surface area (Å²) in [5, 5.41) is 0. The van der Waals surface area contributed by atoms with Crippen LogP contribution < -0.4 is 0 Å². The zero-order valence-corrected chi connectivity index (χ0v) is 10.9. The molecule has 0 aliphatic carbocycles. The fraction of sp³-hybridized carbons (Fsp3) is 0.545. The number of carbonyl (C=O) groups is 3. The predicted molar refractivity (Wildman–Crippen MR) is 64.4 cm³/mol. The van der Waals surface area contributed by atoms with Gasteiger partial charge in [-0.2, -0.15) is 0 Å². The third-order valence-electron chi connectivity index (χ3n) is 2.38. The molecular formula is C11H14BrNO4. The van der Waals surface area contributed by atoms with Gasteiger partial charge in [-0.15, -0.1) is 0 Å². The van der Waals surface area contributed by atoms with Crippen molar-refractivity contribution in [1.29, 1.82) is 0 Å². The van der Waals surface area contributed by atoms with Gasteiger partial charge in [-0.05, 0) is 12.8 Å². The minimum absolute atomic E-state index is 0.153. The Hall–Kier alpha value is -1.17. The molecule has 1 fully saturated rings. The summed E-state index contributed by atoms with van der Waals surface area (Å²) in [6.07, 6.45) is 2.57. The monoisotopic (exact) mass is 303 g/mol. The van der Waals surface area contributed by atoms with Crippen LogP contribution in [0.5, 0.6) is 0 Å². The van der Waals surface area contributed by atoms with Crippen molar-refractivity contribution >= 4 is 33.7 Å². The maximum atomic E-state index is 11.5. The topological polar surface area (TPSA) is 63.7 Å². The Morgan fingerprint density at radius 1 is 1.53 bits per heavy atom. The highest BCUT2D eigenvalue weighted by atomic mass is 79.9. The number of hydrogen-bond donors (Lipinski definition) is 0. The van der Waals surface area contributed by atoms with E-state index in [4.69, 9.17) is 4.74 Å². The second-order valence-corrected chi connectivity index (χ2v) is 4.74. The van der Waals surface area contributed by atoms with Crippen LogP contribution in [0.1, 0.15) is 19.3 Å². The molecule has 0 radical (unpaired) electrons. The van der Waals surface area contributed by atoms with E-state index >= 15 is 0 Å². The van der Waals surface area contributed by atoms with E-state index in [0.717, 1.165) is 6.08 Å². The van der Waals surface area contributed by atoms with Gasteiger partial charge in [0.15, 0.2) is 0 Å². The van der Waals surface area contributed by atoms with E-state index in [2.05, 4.69) is 22.5 Å². The van der Waals surface area contributed by atoms with Crippen molar-refractivity contribution in [3.63, 3.8) is 0 Å². The molecule has 0 spiro atoms. The van der Waals surface area contributed by atoms with E-state index in [1.807, 2.05) is 0 Å². The van der Waals surface area contributed by atoms with Crippen LogP contribution in [0.2, 0.25) is 0 Å². The second-order valence-electron chi connectivity index (χ2n) is 3.63. The average Bonchev–Trinajstić information content (AvgIpc) is 2.54. The molecule has 2 amide bonds. The summed E-state index contributed by atoms with van der Waals surface area (Å²) in [6, 6.07) is 0. The lowest BCUT2D eigenvalue weighted by atomic mass is 10.3. The standard InChI is InChI=1S/C11H14BrNO4/c1-2-10(15)17-6-4-3-5-13-9(14)7-8(12)11(13)16/h2,8H,1,3-7H2. The van der Waals surface area contributed by atoms with Gasteiger partial charge in [0.2, 0.25) is 11.8 Å². The van der Waals surface area contributed by atoms with Crippen LogP contribution in [0.3, 0.4) is 0 Å². The van der Waals surface area contributed by atoms with Crippen molar-refractivity contribution in [3.05, 3.63) is 12.7 Å². The van der Waals surface area contributed by atoms with Gasteiger partial charge in [-0.25, -0.2) is 4.79 Å². The number of amides is 2. The van der Waals surface area contributed by atoms with Gasteiger partial charge in [-0.3, -0.25) is 14.5 Å². The molecule has 1 aliphatic heterocycles. The van der Waals surface area contributed by atoms with E-state index in [-0.39, 0.29) is 29.7 Å². The number of hydrogen-bond acceptors (Lipinski definition) is 4. The number of rotatable bonds is 6. The third kappa shape index (κ3) is 3.96. The zero-order valence-electron chi connectivity index (χ0n) is 9.36. The molecule has 1 unspecified atom stereocenters. The van der Waals surface area contributed by atoms with E-state index in [1.54, 1.807) is 0 Å². The molecular weight excluding hydrogens is 290 g/mol. The Morgan fingerprint density at radius 3 is 2.76 bits per heavy atom. The molecule has 1 heterocycles. The number of ether oxygens (including phenoxy) is 1. The van der Waals surface area contributed by atoms with Crippen LogP contribution in [-0.2, 0) is 19.1 Å². The van der Waals surface area contributed by atoms with Crippen LogP contribution in [0, 0.1) is 0 Å². The number of alkyl halides is 1. The lowest BCUT2D eigenvalue weighted by Crippen LogP contribution is -2.31. The quantitative estimate of drug-likeness (QED) is 0.242. The summed E-state index contributed by atoms with van der Waals surface area (Å²) >= 11 is 3.14. The summed E-state index contributed by atoms with van der Waals surface area (Å²) in [6.45, 7) is 3.93. The molecule has 0 saturated carbocycles. The highest BCUT2D eigenvalue weighted by Crippen LogP contribution is 2.20. The summed E-state index contributed by atoms with van der Waals surface area (Å²) < 4.78 is 4.78. The lowest BCUT2D eigenvalue weighted by molar-refractivity contribution is -0.140. The second kappa shape index (κ2) is 6.54. The summed E-state index contributed by atoms with van der Waals surface area (Å²) in [7, 11) is 0. The number of likely N-dealkylation sites (tertiary alicyclic amines) is 1. The van der Waals surface area contributed by atoms with Crippen molar-refractivity contribution < 1.29 is 19.1 Å². The first-order chi connectivity index (χ1) is 8.06. The maximum absolute atomic E-state index is 11.5. The van der Waals surface area contributed by atoms with Crippen LogP contribution in [0.15, 0.2) is 12.7 Å². The minimum Gasteiger partial charge on any atom is -0.463 e. The van der Waals surface area contributed by atoms with Crippen LogP contribution in [0.4, 0.5) is 0 Å². The number of halogens is 1. The molecule has 1 rings (SSSR count). The largest absolute Gasteiger partial charge is 0.463 e. The highest BCUT2D eigenvalue weighted by Gasteiger charge is 2.36. The van der Waals surface area contributed by atoms with E-state index < -0.39 is 5.97 Å². The van der Waals surface area contributed by atoms with E-state index in [9.17, 15) is 14.4 Å². The first-order valence-electron chi connectivity index (χ1n) is 5.33. The van der Waals surface area contributed by atoms with Gasteiger partial charge in [0.05, 0.1) is 6.61 Å².